The van der Waals surface area contributed by atoms with E-state index in [0.29, 0.717) is 10.6 Å². The van der Waals surface area contributed by atoms with E-state index >= 15 is 0 Å². The Morgan fingerprint density at radius 2 is 1.62 bits per heavy atom. The highest BCUT2D eigenvalue weighted by molar-refractivity contribution is 6.30. The lowest BCUT2D eigenvalue weighted by Gasteiger charge is -2.24. The maximum Gasteiger partial charge on any atom is 0.221 e. The monoisotopic (exact) mass is 377 g/mol. The molecule has 2 aromatic rings. The number of carbonyl (C=O) groups is 1. The van der Waals surface area contributed by atoms with Gasteiger partial charge in [0.25, 0.3) is 0 Å². The van der Waals surface area contributed by atoms with Crippen molar-refractivity contribution in [3.8, 4) is 0 Å². The largest absolute Gasteiger partial charge is 0.353 e. The molecule has 0 radical (unpaired) electrons. The third-order valence-electron chi connectivity index (χ3n) is 4.92. The van der Waals surface area contributed by atoms with Crippen molar-refractivity contribution in [3.63, 3.8) is 0 Å². The van der Waals surface area contributed by atoms with Gasteiger partial charge in [-0.25, -0.2) is 8.78 Å². The predicted molar refractivity (Wildman–Crippen MR) is 99.3 cm³/mol. The summed E-state index contributed by atoms with van der Waals surface area (Å²) in [6.45, 7) is 0. The lowest BCUT2D eigenvalue weighted by atomic mass is 9.87. The third kappa shape index (κ3) is 5.04. The molecule has 0 heterocycles. The first-order valence-corrected chi connectivity index (χ1v) is 9.40. The molecule has 1 atom stereocenters. The van der Waals surface area contributed by atoms with E-state index in [-0.39, 0.29) is 18.4 Å². The highest BCUT2D eigenvalue weighted by Crippen LogP contribution is 2.30. The van der Waals surface area contributed by atoms with Crippen LogP contribution in [-0.4, -0.2) is 11.9 Å². The lowest BCUT2D eigenvalue weighted by molar-refractivity contribution is -0.122. The summed E-state index contributed by atoms with van der Waals surface area (Å²) in [5, 5.41) is 3.65. The molecule has 5 heteroatoms. The molecule has 1 aliphatic carbocycles. The summed E-state index contributed by atoms with van der Waals surface area (Å²) in [5.41, 5.74) is 1.25. The molecular weight excluding hydrogens is 356 g/mol. The van der Waals surface area contributed by atoms with Gasteiger partial charge in [-0.3, -0.25) is 4.79 Å². The van der Waals surface area contributed by atoms with Gasteiger partial charge in [0, 0.05) is 29.5 Å². The molecule has 3 rings (SSSR count). The van der Waals surface area contributed by atoms with Crippen LogP contribution in [0.25, 0.3) is 0 Å². The Balaban J connectivity index is 1.82. The average Bonchev–Trinajstić information content (AvgIpc) is 2.60. The van der Waals surface area contributed by atoms with Gasteiger partial charge in [0.05, 0.1) is 0 Å². The van der Waals surface area contributed by atoms with Crippen LogP contribution in [0.3, 0.4) is 0 Å². The van der Waals surface area contributed by atoms with Crippen LogP contribution in [0.1, 0.15) is 55.6 Å². The Morgan fingerprint density at radius 3 is 2.23 bits per heavy atom. The van der Waals surface area contributed by atoms with E-state index in [1.54, 1.807) is 24.3 Å². The maximum absolute atomic E-state index is 13.7. The minimum atomic E-state index is -0.647. The second-order valence-electron chi connectivity index (χ2n) is 6.91. The topological polar surface area (TPSA) is 29.1 Å². The summed E-state index contributed by atoms with van der Waals surface area (Å²) in [7, 11) is 0. The van der Waals surface area contributed by atoms with E-state index in [9.17, 15) is 13.6 Å². The van der Waals surface area contributed by atoms with E-state index in [0.717, 1.165) is 37.3 Å². The second kappa shape index (κ2) is 8.63. The molecular formula is C21H22ClF2NO. The van der Waals surface area contributed by atoms with Crippen LogP contribution in [0.2, 0.25) is 5.02 Å². The van der Waals surface area contributed by atoms with Crippen molar-refractivity contribution in [1.82, 2.24) is 5.32 Å². The molecule has 1 fully saturated rings. The predicted octanol–water partition coefficient (Wildman–Crippen LogP) is 5.59. The van der Waals surface area contributed by atoms with Crippen LogP contribution in [0.5, 0.6) is 0 Å². The Hall–Kier alpha value is -1.94. The van der Waals surface area contributed by atoms with Gasteiger partial charge >= 0.3 is 0 Å². The molecule has 26 heavy (non-hydrogen) atoms. The number of amides is 1. The Bertz CT molecular complexity index is 737. The number of hydrogen-bond acceptors (Lipinski definition) is 1. The molecule has 1 unspecified atom stereocenters. The maximum atomic E-state index is 13.7. The van der Waals surface area contributed by atoms with Crippen LogP contribution in [0.4, 0.5) is 8.78 Å². The summed E-state index contributed by atoms with van der Waals surface area (Å²) in [6.07, 6.45) is 5.59. The molecule has 138 valence electrons. The van der Waals surface area contributed by atoms with E-state index in [4.69, 9.17) is 11.6 Å². The van der Waals surface area contributed by atoms with Crippen molar-refractivity contribution >= 4 is 17.5 Å². The van der Waals surface area contributed by atoms with Gasteiger partial charge in [0.1, 0.15) is 11.6 Å². The number of rotatable bonds is 5. The Labute approximate surface area is 157 Å². The van der Waals surface area contributed by atoms with Crippen LogP contribution in [-0.2, 0) is 4.79 Å². The molecule has 1 N–H and O–H groups in total. The molecule has 2 nitrogen and oxygen atoms in total. The van der Waals surface area contributed by atoms with Crippen molar-refractivity contribution in [2.45, 2.75) is 50.5 Å². The molecule has 0 saturated heterocycles. The van der Waals surface area contributed by atoms with Gasteiger partial charge in [-0.05, 0) is 48.2 Å². The summed E-state index contributed by atoms with van der Waals surface area (Å²) in [6, 6.07) is 10.6. The number of hydrogen-bond donors (Lipinski definition) is 1. The summed E-state index contributed by atoms with van der Waals surface area (Å²) >= 11 is 5.95. The number of nitrogens with one attached hydrogen (secondary N) is 1. The van der Waals surface area contributed by atoms with Gasteiger partial charge < -0.3 is 5.32 Å². The molecule has 0 spiro atoms. The van der Waals surface area contributed by atoms with E-state index in [2.05, 4.69) is 5.32 Å². The fourth-order valence-corrected chi connectivity index (χ4v) is 3.74. The Kier molecular flexibility index (Phi) is 6.25. The normalized spacial score (nSPS) is 16.3. The molecule has 1 aliphatic rings. The van der Waals surface area contributed by atoms with Crippen LogP contribution >= 0.6 is 11.6 Å². The van der Waals surface area contributed by atoms with Crippen LogP contribution < -0.4 is 5.32 Å². The fraction of sp³-hybridized carbons (Fsp3) is 0.381. The summed E-state index contributed by atoms with van der Waals surface area (Å²) in [4.78, 5) is 12.6. The molecule has 1 amide bonds. The van der Waals surface area contributed by atoms with E-state index < -0.39 is 17.6 Å². The highest BCUT2D eigenvalue weighted by Gasteiger charge is 2.22. The van der Waals surface area contributed by atoms with Gasteiger partial charge in [-0.2, -0.15) is 0 Å². The molecule has 2 aromatic carbocycles. The van der Waals surface area contributed by atoms with Crippen molar-refractivity contribution in [2.75, 3.05) is 0 Å². The fourth-order valence-electron chi connectivity index (χ4n) is 3.62. The zero-order valence-corrected chi connectivity index (χ0v) is 15.2. The highest BCUT2D eigenvalue weighted by atomic mass is 35.5. The van der Waals surface area contributed by atoms with Gasteiger partial charge in [0.15, 0.2) is 0 Å². The van der Waals surface area contributed by atoms with Crippen LogP contribution in [0.15, 0.2) is 42.5 Å². The number of halogens is 3. The number of benzene rings is 2. The Morgan fingerprint density at radius 1 is 1.00 bits per heavy atom. The minimum Gasteiger partial charge on any atom is -0.353 e. The second-order valence-corrected chi connectivity index (χ2v) is 7.35. The molecule has 0 aliphatic heterocycles. The summed E-state index contributed by atoms with van der Waals surface area (Å²) < 4.78 is 27.4. The zero-order valence-electron chi connectivity index (χ0n) is 14.5. The van der Waals surface area contributed by atoms with Crippen molar-refractivity contribution < 1.29 is 13.6 Å². The minimum absolute atomic E-state index is 0.0958. The standard InChI is InChI=1S/C21H22ClF2NO/c22-16-8-6-14(7-9-16)20(15-10-17(23)12-18(24)11-15)13-21(26)25-19-4-2-1-3-5-19/h6-12,19-20H,1-5,13H2,(H,25,26). The van der Waals surface area contributed by atoms with Crippen molar-refractivity contribution in [3.05, 3.63) is 70.2 Å². The van der Waals surface area contributed by atoms with Crippen molar-refractivity contribution in [1.29, 1.82) is 0 Å². The first-order valence-electron chi connectivity index (χ1n) is 9.02. The van der Waals surface area contributed by atoms with Crippen LogP contribution in [0, 0.1) is 11.6 Å². The van der Waals surface area contributed by atoms with Gasteiger partial charge in [0.2, 0.25) is 5.91 Å². The molecule has 1 saturated carbocycles. The van der Waals surface area contributed by atoms with Crippen molar-refractivity contribution in [2.24, 2.45) is 0 Å². The smallest absolute Gasteiger partial charge is 0.221 e. The zero-order chi connectivity index (χ0) is 18.5. The molecule has 0 aromatic heterocycles. The van der Waals surface area contributed by atoms with Gasteiger partial charge in [-0.15, -0.1) is 0 Å². The van der Waals surface area contributed by atoms with Gasteiger partial charge in [-0.1, -0.05) is 43.0 Å². The first-order chi connectivity index (χ1) is 12.5. The SMILES string of the molecule is O=C(CC(c1ccc(Cl)cc1)c1cc(F)cc(F)c1)NC1CCCCC1. The molecule has 0 bridgehead atoms. The lowest BCUT2D eigenvalue weighted by Crippen LogP contribution is -2.36. The third-order valence-corrected chi connectivity index (χ3v) is 5.17. The number of carbonyl (C=O) groups excluding carboxylic acids is 1. The first kappa shape index (κ1) is 18.8. The van der Waals surface area contributed by atoms with E-state index in [1.165, 1.54) is 18.6 Å². The average molecular weight is 378 g/mol. The van der Waals surface area contributed by atoms with E-state index in [1.807, 2.05) is 0 Å². The summed E-state index contributed by atoms with van der Waals surface area (Å²) in [5.74, 6) is -1.82. The quantitative estimate of drug-likeness (QED) is 0.723.